The first-order chi connectivity index (χ1) is 9.96. The predicted molar refractivity (Wildman–Crippen MR) is 80.3 cm³/mol. The number of carbonyl (C=O) groups excluding carboxylic acids is 1. The van der Waals surface area contributed by atoms with Gasteiger partial charge in [-0.3, -0.25) is 0 Å². The first-order valence-electron chi connectivity index (χ1n) is 7.83. The molecule has 0 aromatic carbocycles. The molecule has 0 bridgehead atoms. The number of aliphatic carboxylic acids is 1. The second-order valence-corrected chi connectivity index (χ2v) is 6.12. The van der Waals surface area contributed by atoms with Crippen molar-refractivity contribution in [3.63, 3.8) is 0 Å². The largest absolute Gasteiger partial charge is 0.480 e. The van der Waals surface area contributed by atoms with Crippen LogP contribution in [0, 0.1) is 5.92 Å². The van der Waals surface area contributed by atoms with Gasteiger partial charge < -0.3 is 20.5 Å². The number of hydrogen-bond donors (Lipinski definition) is 3. The zero-order valence-corrected chi connectivity index (χ0v) is 13.1. The van der Waals surface area contributed by atoms with Gasteiger partial charge in [-0.25, -0.2) is 9.59 Å². The molecule has 1 fully saturated rings. The molecule has 21 heavy (non-hydrogen) atoms. The highest BCUT2D eigenvalue weighted by Crippen LogP contribution is 2.28. The molecule has 1 aliphatic carbocycles. The number of ether oxygens (including phenoxy) is 1. The number of amides is 2. The van der Waals surface area contributed by atoms with E-state index in [1.54, 1.807) is 0 Å². The van der Waals surface area contributed by atoms with Crippen molar-refractivity contribution < 1.29 is 19.4 Å². The van der Waals surface area contributed by atoms with Crippen LogP contribution in [0.5, 0.6) is 0 Å². The topological polar surface area (TPSA) is 87.7 Å². The van der Waals surface area contributed by atoms with E-state index in [-0.39, 0.29) is 0 Å². The average Bonchev–Trinajstić information content (AvgIpc) is 2.43. The standard InChI is InChI=1S/C15H28N2O4/c1-12(2)6-10-21-11-9-16-14(20)17-15(13(18)19)7-4-3-5-8-15/h12H,3-11H2,1-2H3,(H,18,19)(H2,16,17,20). The van der Waals surface area contributed by atoms with E-state index < -0.39 is 17.5 Å². The molecule has 0 aliphatic heterocycles. The van der Waals surface area contributed by atoms with Crippen LogP contribution in [0.25, 0.3) is 0 Å². The van der Waals surface area contributed by atoms with Crippen LogP contribution in [-0.2, 0) is 9.53 Å². The van der Waals surface area contributed by atoms with Crippen LogP contribution in [0.4, 0.5) is 4.79 Å². The van der Waals surface area contributed by atoms with Gasteiger partial charge in [-0.15, -0.1) is 0 Å². The SMILES string of the molecule is CC(C)CCOCCNC(=O)NC1(C(=O)O)CCCCC1. The molecule has 0 spiro atoms. The summed E-state index contributed by atoms with van der Waals surface area (Å²) < 4.78 is 5.40. The molecule has 6 nitrogen and oxygen atoms in total. The molecule has 0 aromatic rings. The maximum absolute atomic E-state index is 11.8. The van der Waals surface area contributed by atoms with Gasteiger partial charge >= 0.3 is 12.0 Å². The van der Waals surface area contributed by atoms with Gasteiger partial charge in [-0.1, -0.05) is 33.1 Å². The normalized spacial score (nSPS) is 17.5. The zero-order valence-electron chi connectivity index (χ0n) is 13.1. The smallest absolute Gasteiger partial charge is 0.329 e. The Hall–Kier alpha value is -1.30. The first-order valence-corrected chi connectivity index (χ1v) is 7.83. The van der Waals surface area contributed by atoms with Crippen molar-refractivity contribution in [1.29, 1.82) is 0 Å². The molecular formula is C15H28N2O4. The number of carbonyl (C=O) groups is 2. The number of carboxylic acids is 1. The highest BCUT2D eigenvalue weighted by molar-refractivity contribution is 5.86. The molecule has 0 atom stereocenters. The van der Waals surface area contributed by atoms with Crippen LogP contribution in [0.3, 0.4) is 0 Å². The Morgan fingerprint density at radius 2 is 1.86 bits per heavy atom. The zero-order chi connectivity index (χ0) is 15.7. The molecule has 0 saturated heterocycles. The number of nitrogens with one attached hydrogen (secondary N) is 2. The van der Waals surface area contributed by atoms with Crippen LogP contribution in [0.2, 0.25) is 0 Å². The van der Waals surface area contributed by atoms with E-state index in [0.717, 1.165) is 25.7 Å². The average molecular weight is 300 g/mol. The molecule has 0 unspecified atom stereocenters. The highest BCUT2D eigenvalue weighted by Gasteiger charge is 2.40. The van der Waals surface area contributed by atoms with Crippen molar-refractivity contribution in [1.82, 2.24) is 10.6 Å². The van der Waals surface area contributed by atoms with Gasteiger partial charge in [0, 0.05) is 13.2 Å². The van der Waals surface area contributed by atoms with E-state index in [9.17, 15) is 14.7 Å². The van der Waals surface area contributed by atoms with Crippen LogP contribution in [-0.4, -0.2) is 42.4 Å². The Morgan fingerprint density at radius 1 is 1.19 bits per heavy atom. The Balaban J connectivity index is 2.24. The molecule has 6 heteroatoms. The monoisotopic (exact) mass is 300 g/mol. The number of urea groups is 1. The Bertz CT molecular complexity index is 339. The Morgan fingerprint density at radius 3 is 2.43 bits per heavy atom. The predicted octanol–water partition coefficient (Wildman–Crippen LogP) is 2.14. The van der Waals surface area contributed by atoms with Crippen LogP contribution in [0.1, 0.15) is 52.4 Å². The second kappa shape index (κ2) is 8.87. The Kier molecular flexibility index (Phi) is 7.50. The molecule has 122 valence electrons. The maximum atomic E-state index is 11.8. The van der Waals surface area contributed by atoms with E-state index in [4.69, 9.17) is 4.74 Å². The number of carboxylic acid groups (broad SMARTS) is 1. The summed E-state index contributed by atoms with van der Waals surface area (Å²) >= 11 is 0. The minimum atomic E-state index is -1.10. The van der Waals surface area contributed by atoms with Crippen molar-refractivity contribution in [3.05, 3.63) is 0 Å². The van der Waals surface area contributed by atoms with Crippen LogP contribution in [0.15, 0.2) is 0 Å². The minimum Gasteiger partial charge on any atom is -0.480 e. The van der Waals surface area contributed by atoms with Gasteiger partial charge in [-0.05, 0) is 25.2 Å². The lowest BCUT2D eigenvalue weighted by Gasteiger charge is -2.33. The Labute approximate surface area is 126 Å². The van der Waals surface area contributed by atoms with E-state index in [1.165, 1.54) is 0 Å². The molecule has 0 aromatic heterocycles. The summed E-state index contributed by atoms with van der Waals surface area (Å²) in [7, 11) is 0. The number of hydrogen-bond acceptors (Lipinski definition) is 3. The van der Waals surface area contributed by atoms with E-state index in [1.807, 2.05) is 0 Å². The van der Waals surface area contributed by atoms with E-state index in [2.05, 4.69) is 24.5 Å². The van der Waals surface area contributed by atoms with E-state index >= 15 is 0 Å². The fraction of sp³-hybridized carbons (Fsp3) is 0.867. The van der Waals surface area contributed by atoms with Crippen molar-refractivity contribution >= 4 is 12.0 Å². The van der Waals surface area contributed by atoms with Gasteiger partial charge in [0.05, 0.1) is 6.61 Å². The lowest BCUT2D eigenvalue weighted by molar-refractivity contribution is -0.145. The van der Waals surface area contributed by atoms with Crippen molar-refractivity contribution in [3.8, 4) is 0 Å². The fourth-order valence-electron chi connectivity index (χ4n) is 2.47. The van der Waals surface area contributed by atoms with Gasteiger partial charge in [0.15, 0.2) is 0 Å². The lowest BCUT2D eigenvalue weighted by Crippen LogP contribution is -2.58. The van der Waals surface area contributed by atoms with Gasteiger partial charge in [-0.2, -0.15) is 0 Å². The van der Waals surface area contributed by atoms with E-state index in [0.29, 0.717) is 38.5 Å². The summed E-state index contributed by atoms with van der Waals surface area (Å²) in [6, 6.07) is -0.424. The molecule has 0 heterocycles. The molecule has 3 N–H and O–H groups in total. The summed E-state index contributed by atoms with van der Waals surface area (Å²) in [6.45, 7) is 5.77. The van der Waals surface area contributed by atoms with Crippen LogP contribution < -0.4 is 10.6 Å². The molecule has 2 amide bonds. The molecule has 1 saturated carbocycles. The highest BCUT2D eigenvalue weighted by atomic mass is 16.5. The molecular weight excluding hydrogens is 272 g/mol. The summed E-state index contributed by atoms with van der Waals surface area (Å²) in [6.07, 6.45) is 4.70. The summed E-state index contributed by atoms with van der Waals surface area (Å²) in [5.41, 5.74) is -1.10. The first kappa shape index (κ1) is 17.8. The summed E-state index contributed by atoms with van der Waals surface area (Å²) in [5, 5.41) is 14.7. The van der Waals surface area contributed by atoms with Crippen molar-refractivity contribution in [2.45, 2.75) is 57.9 Å². The quantitative estimate of drug-likeness (QED) is 0.599. The fourth-order valence-corrected chi connectivity index (χ4v) is 2.47. The summed E-state index contributed by atoms with van der Waals surface area (Å²) in [4.78, 5) is 23.2. The molecule has 0 radical (unpaired) electrons. The third kappa shape index (κ3) is 6.33. The second-order valence-electron chi connectivity index (χ2n) is 6.12. The van der Waals surface area contributed by atoms with Crippen LogP contribution >= 0.6 is 0 Å². The third-order valence-electron chi connectivity index (χ3n) is 3.84. The van der Waals surface area contributed by atoms with Crippen molar-refractivity contribution in [2.75, 3.05) is 19.8 Å². The van der Waals surface area contributed by atoms with Gasteiger partial charge in [0.2, 0.25) is 0 Å². The molecule has 1 aliphatic rings. The van der Waals surface area contributed by atoms with Crippen molar-refractivity contribution in [2.24, 2.45) is 5.92 Å². The number of rotatable bonds is 8. The third-order valence-corrected chi connectivity index (χ3v) is 3.84. The lowest BCUT2D eigenvalue weighted by atomic mass is 9.82. The summed E-state index contributed by atoms with van der Waals surface area (Å²) in [5.74, 6) is -0.339. The minimum absolute atomic E-state index is 0.389. The molecule has 1 rings (SSSR count). The maximum Gasteiger partial charge on any atom is 0.329 e. The van der Waals surface area contributed by atoms with Gasteiger partial charge in [0.25, 0.3) is 0 Å². The van der Waals surface area contributed by atoms with Gasteiger partial charge in [0.1, 0.15) is 5.54 Å².